The van der Waals surface area contributed by atoms with E-state index in [4.69, 9.17) is 11.6 Å². The first-order valence-electron chi connectivity index (χ1n) is 6.68. The lowest BCUT2D eigenvalue weighted by Gasteiger charge is -2.08. The van der Waals surface area contributed by atoms with Crippen molar-refractivity contribution in [3.05, 3.63) is 69.0 Å². The number of halogens is 2. The van der Waals surface area contributed by atoms with Crippen LogP contribution in [0.4, 0.5) is 4.39 Å². The standard InChI is InChI=1S/C17H14ClFO/c1-10-7-14(15(18)9-16(10)19)17(20)13-6-5-11-3-2-4-12(11)8-13/h5-9H,2-4H2,1H3. The molecule has 0 radical (unpaired) electrons. The summed E-state index contributed by atoms with van der Waals surface area (Å²) in [4.78, 5) is 12.5. The lowest BCUT2D eigenvalue weighted by molar-refractivity contribution is 0.103. The molecule has 0 fully saturated rings. The molecular formula is C17H14ClFO. The fraction of sp³-hybridized carbons (Fsp3) is 0.235. The van der Waals surface area contributed by atoms with E-state index in [2.05, 4.69) is 0 Å². The third-order valence-electron chi connectivity index (χ3n) is 3.85. The molecule has 0 aromatic heterocycles. The smallest absolute Gasteiger partial charge is 0.194 e. The van der Waals surface area contributed by atoms with Gasteiger partial charge in [-0.1, -0.05) is 23.7 Å². The molecule has 0 atom stereocenters. The molecule has 0 saturated heterocycles. The van der Waals surface area contributed by atoms with Gasteiger partial charge in [-0.15, -0.1) is 0 Å². The second-order valence-electron chi connectivity index (χ2n) is 5.25. The Balaban J connectivity index is 2.03. The van der Waals surface area contributed by atoms with Crippen LogP contribution in [-0.2, 0) is 12.8 Å². The minimum atomic E-state index is -0.388. The van der Waals surface area contributed by atoms with Crippen LogP contribution in [0.5, 0.6) is 0 Å². The van der Waals surface area contributed by atoms with Gasteiger partial charge in [0, 0.05) is 11.1 Å². The van der Waals surface area contributed by atoms with Gasteiger partial charge in [-0.25, -0.2) is 4.39 Å². The zero-order valence-electron chi connectivity index (χ0n) is 11.2. The summed E-state index contributed by atoms with van der Waals surface area (Å²) in [5.41, 5.74) is 3.98. The molecule has 0 saturated carbocycles. The van der Waals surface area contributed by atoms with Crippen molar-refractivity contribution >= 4 is 17.4 Å². The first kappa shape index (κ1) is 13.3. The van der Waals surface area contributed by atoms with Crippen LogP contribution in [0, 0.1) is 12.7 Å². The first-order valence-corrected chi connectivity index (χ1v) is 7.06. The van der Waals surface area contributed by atoms with Gasteiger partial charge < -0.3 is 0 Å². The van der Waals surface area contributed by atoms with E-state index in [0.717, 1.165) is 19.3 Å². The molecule has 3 rings (SSSR count). The van der Waals surface area contributed by atoms with Gasteiger partial charge in [-0.3, -0.25) is 4.79 Å². The van der Waals surface area contributed by atoms with Crippen LogP contribution >= 0.6 is 11.6 Å². The zero-order chi connectivity index (χ0) is 14.3. The van der Waals surface area contributed by atoms with Gasteiger partial charge in [0.2, 0.25) is 0 Å². The van der Waals surface area contributed by atoms with Crippen molar-refractivity contribution < 1.29 is 9.18 Å². The van der Waals surface area contributed by atoms with Gasteiger partial charge in [0.15, 0.2) is 5.78 Å². The van der Waals surface area contributed by atoms with Crippen molar-refractivity contribution in [2.45, 2.75) is 26.2 Å². The number of ketones is 1. The Bertz CT molecular complexity index is 706. The number of carbonyl (C=O) groups excluding carboxylic acids is 1. The molecule has 0 aliphatic heterocycles. The van der Waals surface area contributed by atoms with Crippen LogP contribution in [0.15, 0.2) is 30.3 Å². The molecular weight excluding hydrogens is 275 g/mol. The second-order valence-corrected chi connectivity index (χ2v) is 5.65. The van der Waals surface area contributed by atoms with Crippen LogP contribution in [0.25, 0.3) is 0 Å². The normalized spacial score (nSPS) is 13.3. The largest absolute Gasteiger partial charge is 0.289 e. The van der Waals surface area contributed by atoms with Crippen molar-refractivity contribution in [2.75, 3.05) is 0 Å². The molecule has 0 spiro atoms. The molecule has 0 bridgehead atoms. The summed E-state index contributed by atoms with van der Waals surface area (Å²) in [6.45, 7) is 1.63. The van der Waals surface area contributed by atoms with Crippen molar-refractivity contribution in [3.8, 4) is 0 Å². The number of hydrogen-bond acceptors (Lipinski definition) is 1. The minimum absolute atomic E-state index is 0.146. The highest BCUT2D eigenvalue weighted by molar-refractivity contribution is 6.35. The minimum Gasteiger partial charge on any atom is -0.289 e. The maximum Gasteiger partial charge on any atom is 0.194 e. The number of carbonyl (C=O) groups is 1. The third kappa shape index (κ3) is 2.25. The highest BCUT2D eigenvalue weighted by Gasteiger charge is 2.18. The topological polar surface area (TPSA) is 17.1 Å². The van der Waals surface area contributed by atoms with Crippen LogP contribution in [0.1, 0.15) is 39.0 Å². The highest BCUT2D eigenvalue weighted by Crippen LogP contribution is 2.27. The molecule has 0 unspecified atom stereocenters. The summed E-state index contributed by atoms with van der Waals surface area (Å²) < 4.78 is 13.4. The number of benzene rings is 2. The Morgan fingerprint density at radius 2 is 1.90 bits per heavy atom. The van der Waals surface area contributed by atoms with E-state index in [0.29, 0.717) is 16.7 Å². The Labute approximate surface area is 122 Å². The fourth-order valence-electron chi connectivity index (χ4n) is 2.70. The summed E-state index contributed by atoms with van der Waals surface area (Å²) in [7, 11) is 0. The predicted octanol–water partition coefficient (Wildman–Crippen LogP) is 4.51. The lowest BCUT2D eigenvalue weighted by atomic mass is 9.98. The Morgan fingerprint density at radius 1 is 1.15 bits per heavy atom. The van der Waals surface area contributed by atoms with Gasteiger partial charge in [0.05, 0.1) is 5.02 Å². The van der Waals surface area contributed by atoms with E-state index in [1.807, 2.05) is 18.2 Å². The van der Waals surface area contributed by atoms with Crippen molar-refractivity contribution in [2.24, 2.45) is 0 Å². The molecule has 3 heteroatoms. The molecule has 0 N–H and O–H groups in total. The molecule has 102 valence electrons. The second kappa shape index (κ2) is 5.02. The maximum atomic E-state index is 13.4. The maximum absolute atomic E-state index is 13.4. The molecule has 2 aromatic carbocycles. The van der Waals surface area contributed by atoms with E-state index >= 15 is 0 Å². The van der Waals surface area contributed by atoms with E-state index < -0.39 is 0 Å². The van der Waals surface area contributed by atoms with Crippen LogP contribution < -0.4 is 0 Å². The summed E-state index contributed by atoms with van der Waals surface area (Å²) >= 11 is 6.00. The lowest BCUT2D eigenvalue weighted by Crippen LogP contribution is -2.04. The van der Waals surface area contributed by atoms with Crippen LogP contribution in [-0.4, -0.2) is 5.78 Å². The molecule has 20 heavy (non-hydrogen) atoms. The Hall–Kier alpha value is -1.67. The van der Waals surface area contributed by atoms with Gasteiger partial charge in [-0.2, -0.15) is 0 Å². The number of hydrogen-bond donors (Lipinski definition) is 0. The Morgan fingerprint density at radius 3 is 2.70 bits per heavy atom. The fourth-order valence-corrected chi connectivity index (χ4v) is 2.94. The van der Waals surface area contributed by atoms with E-state index in [1.54, 1.807) is 6.92 Å². The number of fused-ring (bicyclic) bond motifs is 1. The first-order chi connectivity index (χ1) is 9.56. The molecule has 2 aromatic rings. The van der Waals surface area contributed by atoms with Crippen molar-refractivity contribution in [3.63, 3.8) is 0 Å². The average molecular weight is 289 g/mol. The van der Waals surface area contributed by atoms with E-state index in [-0.39, 0.29) is 16.6 Å². The molecule has 1 aliphatic carbocycles. The third-order valence-corrected chi connectivity index (χ3v) is 4.17. The molecule has 1 nitrogen and oxygen atoms in total. The van der Waals surface area contributed by atoms with E-state index in [9.17, 15) is 9.18 Å². The monoisotopic (exact) mass is 288 g/mol. The summed E-state index contributed by atoms with van der Waals surface area (Å²) in [5.74, 6) is -0.534. The molecule has 0 amide bonds. The van der Waals surface area contributed by atoms with E-state index in [1.165, 1.54) is 23.3 Å². The summed E-state index contributed by atoms with van der Waals surface area (Å²) in [5, 5.41) is 0.165. The van der Waals surface area contributed by atoms with Crippen molar-refractivity contribution in [1.82, 2.24) is 0 Å². The van der Waals surface area contributed by atoms with Gasteiger partial charge in [-0.05, 0) is 61.1 Å². The average Bonchev–Trinajstić information content (AvgIpc) is 2.89. The number of rotatable bonds is 2. The van der Waals surface area contributed by atoms with Gasteiger partial charge in [0.1, 0.15) is 5.82 Å². The quantitative estimate of drug-likeness (QED) is 0.743. The van der Waals surface area contributed by atoms with Crippen LogP contribution in [0.2, 0.25) is 5.02 Å². The highest BCUT2D eigenvalue weighted by atomic mass is 35.5. The predicted molar refractivity (Wildman–Crippen MR) is 78.0 cm³/mol. The van der Waals surface area contributed by atoms with Gasteiger partial charge >= 0.3 is 0 Å². The van der Waals surface area contributed by atoms with Crippen LogP contribution in [0.3, 0.4) is 0 Å². The zero-order valence-corrected chi connectivity index (χ0v) is 11.9. The number of aryl methyl sites for hydroxylation is 3. The summed E-state index contributed by atoms with van der Waals surface area (Å²) in [6.07, 6.45) is 3.25. The van der Waals surface area contributed by atoms with Crippen molar-refractivity contribution in [1.29, 1.82) is 0 Å². The Kier molecular flexibility index (Phi) is 3.35. The molecule has 0 heterocycles. The summed E-state index contributed by atoms with van der Waals surface area (Å²) in [6, 6.07) is 8.52. The van der Waals surface area contributed by atoms with Gasteiger partial charge in [0.25, 0.3) is 0 Å². The SMILES string of the molecule is Cc1cc(C(=O)c2ccc3c(c2)CCC3)c(Cl)cc1F. The molecule has 1 aliphatic rings.